The van der Waals surface area contributed by atoms with Crippen LogP contribution in [-0.4, -0.2) is 0 Å². The van der Waals surface area contributed by atoms with Crippen LogP contribution < -0.4 is 9.80 Å². The molecule has 2 aliphatic carbocycles. The second kappa shape index (κ2) is 17.9. The summed E-state index contributed by atoms with van der Waals surface area (Å²) in [5, 5.41) is 0. The van der Waals surface area contributed by atoms with E-state index < -0.39 is 5.41 Å². The molecular formula is C72H56N2. The van der Waals surface area contributed by atoms with E-state index in [0.717, 1.165) is 34.1 Å². The molecule has 0 heterocycles. The second-order valence-corrected chi connectivity index (χ2v) is 20.4. The molecule has 0 amide bonds. The lowest BCUT2D eigenvalue weighted by Crippen LogP contribution is -2.32. The Morgan fingerprint density at radius 1 is 0.297 bits per heavy atom. The SMILES string of the molecule is Cc1c(-c2ccccc2)cccc1N(c1ccccc1)c1ccc2c(c1)C(c1ccccc1)(c1ccccc1)c1c-2c(N(c2ccccc2)c2cccc(-c3ccccc3)c2C)cc2c1C(C)(C)c1ccccc1-2. The molecule has 0 aliphatic heterocycles. The van der Waals surface area contributed by atoms with E-state index in [1.54, 1.807) is 0 Å². The van der Waals surface area contributed by atoms with Crippen molar-refractivity contribution in [2.45, 2.75) is 38.5 Å². The fraction of sp³-hybridized carbons (Fsp3) is 0.0833. The van der Waals surface area contributed by atoms with Crippen molar-refractivity contribution in [3.63, 3.8) is 0 Å². The summed E-state index contributed by atoms with van der Waals surface area (Å²) < 4.78 is 0. The van der Waals surface area contributed by atoms with Crippen LogP contribution in [0.1, 0.15) is 58.4 Å². The van der Waals surface area contributed by atoms with Crippen molar-refractivity contribution < 1.29 is 0 Å². The Balaban J connectivity index is 1.19. The minimum absolute atomic E-state index is 0.347. The standard InChI is InChI=1S/C72H56N2/c1-49-58(51-27-11-5-12-28-51)40-25-43-65(49)73(55-35-19-9-20-36-55)57-45-46-61-64(47-57)72(53-31-15-7-16-32-53,54-33-17-8-18-34-54)70-68(61)67(48-62-60-39-23-24-42-63(60)71(3,4)69(62)70)74(56-37-21-10-22-38-56)66-44-26-41-59(50(66)2)52-29-13-6-14-30-52/h5-48H,1-4H3. The van der Waals surface area contributed by atoms with Crippen LogP contribution in [0.15, 0.2) is 267 Å². The minimum Gasteiger partial charge on any atom is -0.310 e. The average molecular weight is 949 g/mol. The Labute approximate surface area is 436 Å². The minimum atomic E-state index is -0.755. The number of hydrogen-bond acceptors (Lipinski definition) is 2. The molecule has 2 aliphatic rings. The van der Waals surface area contributed by atoms with Gasteiger partial charge in [0, 0.05) is 39.4 Å². The zero-order chi connectivity index (χ0) is 50.0. The molecule has 0 aromatic heterocycles. The Hall–Kier alpha value is -8.98. The summed E-state index contributed by atoms with van der Waals surface area (Å²) in [6, 6.07) is 98.9. The number of hydrogen-bond donors (Lipinski definition) is 0. The van der Waals surface area contributed by atoms with Crippen molar-refractivity contribution in [3.05, 3.63) is 311 Å². The highest BCUT2D eigenvalue weighted by Gasteiger charge is 2.53. The highest BCUT2D eigenvalue weighted by Crippen LogP contribution is 2.66. The van der Waals surface area contributed by atoms with Gasteiger partial charge in [0.15, 0.2) is 0 Å². The molecular weight excluding hydrogens is 893 g/mol. The molecule has 0 saturated carbocycles. The van der Waals surface area contributed by atoms with E-state index in [-0.39, 0.29) is 5.41 Å². The topological polar surface area (TPSA) is 6.48 Å². The maximum atomic E-state index is 2.56. The van der Waals surface area contributed by atoms with Gasteiger partial charge in [-0.1, -0.05) is 226 Å². The summed E-state index contributed by atoms with van der Waals surface area (Å²) in [5.74, 6) is 0. The Kier molecular flexibility index (Phi) is 10.9. The molecule has 74 heavy (non-hydrogen) atoms. The van der Waals surface area contributed by atoms with Gasteiger partial charge < -0.3 is 9.80 Å². The third-order valence-electron chi connectivity index (χ3n) is 16.1. The van der Waals surface area contributed by atoms with E-state index in [0.29, 0.717) is 0 Å². The predicted molar refractivity (Wildman–Crippen MR) is 311 cm³/mol. The van der Waals surface area contributed by atoms with Gasteiger partial charge in [0.2, 0.25) is 0 Å². The smallest absolute Gasteiger partial charge is 0.0718 e. The number of benzene rings is 11. The van der Waals surface area contributed by atoms with Gasteiger partial charge in [-0.2, -0.15) is 0 Å². The maximum absolute atomic E-state index is 2.56. The van der Waals surface area contributed by atoms with E-state index >= 15 is 0 Å². The summed E-state index contributed by atoms with van der Waals surface area (Å²) in [6.07, 6.45) is 0. The van der Waals surface area contributed by atoms with Crippen molar-refractivity contribution in [3.8, 4) is 44.5 Å². The van der Waals surface area contributed by atoms with Crippen molar-refractivity contribution in [2.24, 2.45) is 0 Å². The third kappa shape index (κ3) is 6.93. The lowest BCUT2D eigenvalue weighted by Gasteiger charge is -2.39. The first kappa shape index (κ1) is 44.9. The van der Waals surface area contributed by atoms with Crippen LogP contribution in [-0.2, 0) is 10.8 Å². The van der Waals surface area contributed by atoms with Gasteiger partial charge in [-0.25, -0.2) is 0 Å². The molecule has 2 nitrogen and oxygen atoms in total. The number of anilines is 6. The fourth-order valence-corrected chi connectivity index (χ4v) is 12.8. The monoisotopic (exact) mass is 948 g/mol. The van der Waals surface area contributed by atoms with Crippen LogP contribution in [0, 0.1) is 13.8 Å². The molecule has 0 spiro atoms. The van der Waals surface area contributed by atoms with Crippen molar-refractivity contribution in [1.82, 2.24) is 0 Å². The van der Waals surface area contributed by atoms with Crippen LogP contribution in [0.25, 0.3) is 44.5 Å². The van der Waals surface area contributed by atoms with Crippen molar-refractivity contribution >= 4 is 34.1 Å². The summed E-state index contributed by atoms with van der Waals surface area (Å²) in [6.45, 7) is 9.48. The molecule has 0 atom stereocenters. The summed E-state index contributed by atoms with van der Waals surface area (Å²) in [7, 11) is 0. The highest BCUT2D eigenvalue weighted by atomic mass is 15.2. The molecule has 0 unspecified atom stereocenters. The molecule has 0 fully saturated rings. The van der Waals surface area contributed by atoms with Gasteiger partial charge >= 0.3 is 0 Å². The van der Waals surface area contributed by atoms with E-state index in [1.807, 2.05) is 0 Å². The summed E-state index contributed by atoms with van der Waals surface area (Å²) in [5.41, 5.74) is 25.7. The lowest BCUT2D eigenvalue weighted by molar-refractivity contribution is 0.633. The second-order valence-electron chi connectivity index (χ2n) is 20.4. The number of para-hydroxylation sites is 2. The first-order chi connectivity index (χ1) is 36.4. The number of nitrogens with zero attached hydrogens (tertiary/aromatic N) is 2. The molecule has 11 aromatic carbocycles. The van der Waals surface area contributed by atoms with Gasteiger partial charge in [0.1, 0.15) is 0 Å². The highest BCUT2D eigenvalue weighted by molar-refractivity contribution is 6.04. The van der Waals surface area contributed by atoms with E-state index in [1.165, 1.54) is 89.0 Å². The van der Waals surface area contributed by atoms with Crippen LogP contribution in [0.5, 0.6) is 0 Å². The molecule has 13 rings (SSSR count). The molecule has 2 heteroatoms. The molecule has 0 saturated heterocycles. The van der Waals surface area contributed by atoms with Crippen LogP contribution >= 0.6 is 0 Å². The van der Waals surface area contributed by atoms with Gasteiger partial charge in [-0.3, -0.25) is 0 Å². The molecule has 11 aromatic rings. The Morgan fingerprint density at radius 2 is 0.743 bits per heavy atom. The van der Waals surface area contributed by atoms with E-state index in [2.05, 4.69) is 304 Å². The van der Waals surface area contributed by atoms with Gasteiger partial charge in [-0.15, -0.1) is 0 Å². The fourth-order valence-electron chi connectivity index (χ4n) is 12.8. The molecule has 0 radical (unpaired) electrons. The quantitative estimate of drug-likeness (QED) is 0.135. The lowest BCUT2D eigenvalue weighted by atomic mass is 9.63. The Bertz CT molecular complexity index is 3820. The zero-order valence-corrected chi connectivity index (χ0v) is 42.3. The summed E-state index contributed by atoms with van der Waals surface area (Å²) >= 11 is 0. The van der Waals surface area contributed by atoms with Crippen LogP contribution in [0.2, 0.25) is 0 Å². The average Bonchev–Trinajstić information content (AvgIpc) is 3.89. The normalized spacial score (nSPS) is 13.4. The third-order valence-corrected chi connectivity index (χ3v) is 16.1. The van der Waals surface area contributed by atoms with Crippen LogP contribution in [0.4, 0.5) is 34.1 Å². The maximum Gasteiger partial charge on any atom is 0.0718 e. The van der Waals surface area contributed by atoms with Gasteiger partial charge in [0.05, 0.1) is 11.1 Å². The first-order valence-electron chi connectivity index (χ1n) is 25.9. The van der Waals surface area contributed by atoms with Gasteiger partial charge in [0.25, 0.3) is 0 Å². The largest absolute Gasteiger partial charge is 0.310 e. The van der Waals surface area contributed by atoms with Crippen molar-refractivity contribution in [2.75, 3.05) is 9.80 Å². The molecule has 354 valence electrons. The number of fused-ring (bicyclic) bond motifs is 7. The zero-order valence-electron chi connectivity index (χ0n) is 42.3. The molecule has 0 bridgehead atoms. The first-order valence-corrected chi connectivity index (χ1v) is 25.9. The molecule has 0 N–H and O–H groups in total. The predicted octanol–water partition coefficient (Wildman–Crippen LogP) is 19.2. The van der Waals surface area contributed by atoms with Gasteiger partial charge in [-0.05, 0) is 152 Å². The number of rotatable bonds is 10. The summed E-state index contributed by atoms with van der Waals surface area (Å²) in [4.78, 5) is 5.04. The Morgan fingerprint density at radius 3 is 1.28 bits per heavy atom. The van der Waals surface area contributed by atoms with Crippen molar-refractivity contribution in [1.29, 1.82) is 0 Å². The van der Waals surface area contributed by atoms with E-state index in [9.17, 15) is 0 Å². The van der Waals surface area contributed by atoms with Crippen LogP contribution in [0.3, 0.4) is 0 Å². The van der Waals surface area contributed by atoms with E-state index in [4.69, 9.17) is 0 Å².